The van der Waals surface area contributed by atoms with Gasteiger partial charge in [0.2, 0.25) is 0 Å². The predicted molar refractivity (Wildman–Crippen MR) is 78.4 cm³/mol. The standard InChI is InChI=1S/C13H19ClN4O2/c1-15-12-11(14)5-9(6-16-12)13(19)17-7-10-8-18(2)3-4-20-10/h5-6,10H,3-4,7-8H2,1-2H3,(H,15,16)(H,17,19). The van der Waals surface area contributed by atoms with Crippen molar-refractivity contribution in [2.45, 2.75) is 6.10 Å². The summed E-state index contributed by atoms with van der Waals surface area (Å²) in [5, 5.41) is 6.12. The first-order valence-electron chi connectivity index (χ1n) is 6.52. The second kappa shape index (κ2) is 6.88. The number of anilines is 1. The van der Waals surface area contributed by atoms with Crippen LogP contribution in [-0.2, 0) is 4.74 Å². The Bertz CT molecular complexity index is 483. The van der Waals surface area contributed by atoms with Gasteiger partial charge in [-0.25, -0.2) is 4.98 Å². The lowest BCUT2D eigenvalue weighted by Crippen LogP contribution is -2.45. The molecule has 0 aliphatic carbocycles. The molecule has 0 radical (unpaired) electrons. The molecule has 6 nitrogen and oxygen atoms in total. The lowest BCUT2D eigenvalue weighted by molar-refractivity contribution is -0.0175. The third kappa shape index (κ3) is 3.82. The molecule has 2 rings (SSSR count). The molecule has 1 aliphatic heterocycles. The lowest BCUT2D eigenvalue weighted by atomic mass is 10.2. The number of hydrogen-bond donors (Lipinski definition) is 2. The van der Waals surface area contributed by atoms with E-state index in [9.17, 15) is 4.79 Å². The summed E-state index contributed by atoms with van der Waals surface area (Å²) in [6, 6.07) is 1.60. The van der Waals surface area contributed by atoms with Gasteiger partial charge in [0.05, 0.1) is 23.3 Å². The van der Waals surface area contributed by atoms with Crippen molar-refractivity contribution >= 4 is 23.3 Å². The van der Waals surface area contributed by atoms with Crippen molar-refractivity contribution in [3.63, 3.8) is 0 Å². The Labute approximate surface area is 123 Å². The molecular weight excluding hydrogens is 280 g/mol. The normalized spacial score (nSPS) is 19.6. The first-order chi connectivity index (χ1) is 9.60. The molecule has 1 atom stereocenters. The number of amides is 1. The predicted octanol–water partition coefficient (Wildman–Crippen LogP) is 0.837. The average Bonchev–Trinajstić information content (AvgIpc) is 2.44. The van der Waals surface area contributed by atoms with Crippen molar-refractivity contribution in [1.82, 2.24) is 15.2 Å². The Balaban J connectivity index is 1.90. The molecule has 0 aromatic carbocycles. The summed E-state index contributed by atoms with van der Waals surface area (Å²) in [4.78, 5) is 18.3. The number of morpholine rings is 1. The van der Waals surface area contributed by atoms with Crippen molar-refractivity contribution in [2.24, 2.45) is 0 Å². The number of ether oxygens (including phenoxy) is 1. The van der Waals surface area contributed by atoms with Crippen molar-refractivity contribution < 1.29 is 9.53 Å². The molecule has 0 spiro atoms. The van der Waals surface area contributed by atoms with E-state index in [0.717, 1.165) is 13.1 Å². The first-order valence-corrected chi connectivity index (χ1v) is 6.89. The van der Waals surface area contributed by atoms with Crippen LogP contribution in [0.1, 0.15) is 10.4 Å². The van der Waals surface area contributed by atoms with E-state index in [1.165, 1.54) is 6.20 Å². The van der Waals surface area contributed by atoms with E-state index >= 15 is 0 Å². The number of nitrogens with zero attached hydrogens (tertiary/aromatic N) is 2. The first kappa shape index (κ1) is 15.0. The maximum atomic E-state index is 12.0. The minimum absolute atomic E-state index is 0.0257. The van der Waals surface area contributed by atoms with Crippen LogP contribution in [0.2, 0.25) is 5.02 Å². The van der Waals surface area contributed by atoms with Gasteiger partial charge in [0.25, 0.3) is 5.91 Å². The van der Waals surface area contributed by atoms with Crippen molar-refractivity contribution in [2.75, 3.05) is 45.7 Å². The van der Waals surface area contributed by atoms with E-state index in [0.29, 0.717) is 29.6 Å². The second-order valence-corrected chi connectivity index (χ2v) is 5.18. The summed E-state index contributed by atoms with van der Waals surface area (Å²) in [5.41, 5.74) is 0.443. The number of halogens is 1. The summed E-state index contributed by atoms with van der Waals surface area (Å²) in [5.74, 6) is 0.360. The molecule has 1 aromatic heterocycles. The zero-order chi connectivity index (χ0) is 14.5. The van der Waals surface area contributed by atoms with Crippen molar-refractivity contribution in [3.05, 3.63) is 22.8 Å². The summed E-state index contributed by atoms with van der Waals surface area (Å²) in [6.45, 7) is 2.92. The second-order valence-electron chi connectivity index (χ2n) is 4.77. The average molecular weight is 299 g/mol. The highest BCUT2D eigenvalue weighted by molar-refractivity contribution is 6.33. The van der Waals surface area contributed by atoms with Crippen LogP contribution < -0.4 is 10.6 Å². The molecule has 2 N–H and O–H groups in total. The van der Waals surface area contributed by atoms with Crippen LogP contribution in [0.25, 0.3) is 0 Å². The minimum atomic E-state index is -0.195. The lowest BCUT2D eigenvalue weighted by Gasteiger charge is -2.30. The van der Waals surface area contributed by atoms with Crippen LogP contribution in [0.4, 0.5) is 5.82 Å². The van der Waals surface area contributed by atoms with Gasteiger partial charge < -0.3 is 20.3 Å². The molecule has 1 saturated heterocycles. The van der Waals surface area contributed by atoms with E-state index in [4.69, 9.17) is 16.3 Å². The molecule has 2 heterocycles. The number of hydrogen-bond acceptors (Lipinski definition) is 5. The molecule has 20 heavy (non-hydrogen) atoms. The highest BCUT2D eigenvalue weighted by Gasteiger charge is 2.18. The number of rotatable bonds is 4. The largest absolute Gasteiger partial charge is 0.374 e. The maximum Gasteiger partial charge on any atom is 0.252 e. The van der Waals surface area contributed by atoms with Gasteiger partial charge in [-0.15, -0.1) is 0 Å². The van der Waals surface area contributed by atoms with E-state index in [-0.39, 0.29) is 12.0 Å². The molecule has 110 valence electrons. The van der Waals surface area contributed by atoms with Crippen LogP contribution in [0.5, 0.6) is 0 Å². The Morgan fingerprint density at radius 1 is 1.65 bits per heavy atom. The van der Waals surface area contributed by atoms with E-state index in [2.05, 4.69) is 20.5 Å². The summed E-state index contributed by atoms with van der Waals surface area (Å²) >= 11 is 6.01. The minimum Gasteiger partial charge on any atom is -0.374 e. The number of aromatic nitrogens is 1. The van der Waals surface area contributed by atoms with Gasteiger partial charge in [-0.1, -0.05) is 11.6 Å². The van der Waals surface area contributed by atoms with Gasteiger partial charge in [0.1, 0.15) is 5.82 Å². The fourth-order valence-corrected chi connectivity index (χ4v) is 2.31. The van der Waals surface area contributed by atoms with Gasteiger partial charge in [0.15, 0.2) is 0 Å². The van der Waals surface area contributed by atoms with Gasteiger partial charge in [-0.05, 0) is 13.1 Å². The fourth-order valence-electron chi connectivity index (χ4n) is 2.04. The number of pyridine rings is 1. The third-order valence-corrected chi connectivity index (χ3v) is 3.46. The SMILES string of the molecule is CNc1ncc(C(=O)NCC2CN(C)CCO2)cc1Cl. The molecule has 1 fully saturated rings. The van der Waals surface area contributed by atoms with Crippen LogP contribution in [0.3, 0.4) is 0 Å². The Kier molecular flexibility index (Phi) is 5.17. The smallest absolute Gasteiger partial charge is 0.252 e. The summed E-state index contributed by atoms with van der Waals surface area (Å²) in [6.07, 6.45) is 1.53. The van der Waals surface area contributed by atoms with Crippen LogP contribution in [0.15, 0.2) is 12.3 Å². The van der Waals surface area contributed by atoms with Crippen molar-refractivity contribution in [3.8, 4) is 0 Å². The van der Waals surface area contributed by atoms with E-state index in [1.807, 2.05) is 7.05 Å². The van der Waals surface area contributed by atoms with Crippen molar-refractivity contribution in [1.29, 1.82) is 0 Å². The topological polar surface area (TPSA) is 66.5 Å². The van der Waals surface area contributed by atoms with Gasteiger partial charge >= 0.3 is 0 Å². The summed E-state index contributed by atoms with van der Waals surface area (Å²) < 4.78 is 5.59. The fraction of sp³-hybridized carbons (Fsp3) is 0.538. The number of nitrogens with one attached hydrogen (secondary N) is 2. The molecule has 0 bridgehead atoms. The number of carbonyl (C=O) groups is 1. The van der Waals surface area contributed by atoms with Gasteiger partial charge in [0, 0.05) is 32.9 Å². The molecule has 1 aliphatic rings. The zero-order valence-electron chi connectivity index (χ0n) is 11.6. The number of likely N-dealkylation sites (N-methyl/N-ethyl adjacent to an activating group) is 1. The highest BCUT2D eigenvalue weighted by atomic mass is 35.5. The zero-order valence-corrected chi connectivity index (χ0v) is 12.4. The van der Waals surface area contributed by atoms with E-state index < -0.39 is 0 Å². The highest BCUT2D eigenvalue weighted by Crippen LogP contribution is 2.19. The quantitative estimate of drug-likeness (QED) is 0.862. The molecule has 1 amide bonds. The molecule has 1 unspecified atom stereocenters. The monoisotopic (exact) mass is 298 g/mol. The Hall–Kier alpha value is -1.37. The van der Waals surface area contributed by atoms with Crippen LogP contribution in [-0.4, -0.2) is 62.2 Å². The van der Waals surface area contributed by atoms with Gasteiger partial charge in [-0.3, -0.25) is 4.79 Å². The Morgan fingerprint density at radius 3 is 3.10 bits per heavy atom. The molecule has 1 aromatic rings. The molecular formula is C13H19ClN4O2. The molecule has 0 saturated carbocycles. The third-order valence-electron chi connectivity index (χ3n) is 3.17. The van der Waals surface area contributed by atoms with Crippen LogP contribution >= 0.6 is 11.6 Å². The van der Waals surface area contributed by atoms with E-state index in [1.54, 1.807) is 13.1 Å². The van der Waals surface area contributed by atoms with Crippen LogP contribution in [0, 0.1) is 0 Å². The number of carbonyl (C=O) groups excluding carboxylic acids is 1. The molecule has 7 heteroatoms. The summed E-state index contributed by atoms with van der Waals surface area (Å²) in [7, 11) is 3.77. The maximum absolute atomic E-state index is 12.0. The van der Waals surface area contributed by atoms with Gasteiger partial charge in [-0.2, -0.15) is 0 Å². The Morgan fingerprint density at radius 2 is 2.45 bits per heavy atom.